The molecule has 1 heterocycles. The first-order chi connectivity index (χ1) is 7.99. The van der Waals surface area contributed by atoms with Crippen LogP contribution >= 0.6 is 0 Å². The van der Waals surface area contributed by atoms with Gasteiger partial charge in [0.1, 0.15) is 6.04 Å². The number of nitrogens with one attached hydrogen (secondary N) is 1. The van der Waals surface area contributed by atoms with Crippen LogP contribution in [0.2, 0.25) is 0 Å². The van der Waals surface area contributed by atoms with Crippen LogP contribution in [-0.4, -0.2) is 22.1 Å². The number of carboxylic acids is 1. The summed E-state index contributed by atoms with van der Waals surface area (Å²) in [5.74, 6) is -0.444. The molecule has 0 radical (unpaired) electrons. The Morgan fingerprint density at radius 1 is 1.47 bits per heavy atom. The van der Waals surface area contributed by atoms with Crippen molar-refractivity contribution in [2.24, 2.45) is 5.92 Å². The van der Waals surface area contributed by atoms with Crippen molar-refractivity contribution in [2.75, 3.05) is 0 Å². The predicted octanol–water partition coefficient (Wildman–Crippen LogP) is 1.98. The maximum atomic E-state index is 11.0. The molecule has 1 aromatic heterocycles. The molecule has 0 aliphatic heterocycles. The normalized spacial score (nSPS) is 12.7. The lowest BCUT2D eigenvalue weighted by atomic mass is 10.0. The fraction of sp³-hybridized carbons (Fsp3) is 0.538. The van der Waals surface area contributed by atoms with E-state index in [1.165, 1.54) is 0 Å². The van der Waals surface area contributed by atoms with Crippen molar-refractivity contribution in [3.05, 3.63) is 29.6 Å². The van der Waals surface area contributed by atoms with E-state index in [0.29, 0.717) is 18.9 Å². The van der Waals surface area contributed by atoms with Gasteiger partial charge in [0.15, 0.2) is 0 Å². The lowest BCUT2D eigenvalue weighted by molar-refractivity contribution is -0.140. The first kappa shape index (κ1) is 13.6. The maximum Gasteiger partial charge on any atom is 0.320 e. The Kier molecular flexibility index (Phi) is 5.10. The molecule has 0 aliphatic carbocycles. The molecule has 4 heteroatoms. The van der Waals surface area contributed by atoms with E-state index in [9.17, 15) is 4.79 Å². The van der Waals surface area contributed by atoms with E-state index < -0.39 is 12.0 Å². The third-order valence-electron chi connectivity index (χ3n) is 2.48. The van der Waals surface area contributed by atoms with E-state index in [2.05, 4.69) is 10.3 Å². The quantitative estimate of drug-likeness (QED) is 0.792. The molecule has 1 rings (SSSR count). The first-order valence-corrected chi connectivity index (χ1v) is 5.87. The van der Waals surface area contributed by atoms with Crippen molar-refractivity contribution in [3.8, 4) is 0 Å². The van der Waals surface area contributed by atoms with Gasteiger partial charge in [-0.3, -0.25) is 15.1 Å². The van der Waals surface area contributed by atoms with Gasteiger partial charge in [-0.05, 0) is 31.4 Å². The summed E-state index contributed by atoms with van der Waals surface area (Å²) in [6, 6.07) is 5.25. The van der Waals surface area contributed by atoms with Crippen LogP contribution in [0, 0.1) is 12.8 Å². The van der Waals surface area contributed by atoms with Gasteiger partial charge in [-0.25, -0.2) is 0 Å². The molecule has 17 heavy (non-hydrogen) atoms. The second kappa shape index (κ2) is 6.35. The molecule has 1 aromatic rings. The number of hydrogen-bond acceptors (Lipinski definition) is 3. The number of carboxylic acid groups (broad SMARTS) is 1. The molecule has 0 spiro atoms. The van der Waals surface area contributed by atoms with Crippen LogP contribution < -0.4 is 5.32 Å². The van der Waals surface area contributed by atoms with Gasteiger partial charge < -0.3 is 5.11 Å². The largest absolute Gasteiger partial charge is 0.480 e. The first-order valence-electron chi connectivity index (χ1n) is 5.87. The van der Waals surface area contributed by atoms with Gasteiger partial charge in [-0.1, -0.05) is 19.9 Å². The zero-order valence-corrected chi connectivity index (χ0v) is 10.6. The zero-order valence-electron chi connectivity index (χ0n) is 10.6. The number of rotatable bonds is 6. The molecule has 0 fully saturated rings. The molecule has 2 N–H and O–H groups in total. The number of aliphatic carboxylic acids is 1. The van der Waals surface area contributed by atoms with E-state index in [-0.39, 0.29) is 0 Å². The van der Waals surface area contributed by atoms with Crippen molar-refractivity contribution < 1.29 is 9.90 Å². The summed E-state index contributed by atoms with van der Waals surface area (Å²) in [5.41, 5.74) is 1.82. The Morgan fingerprint density at radius 2 is 2.18 bits per heavy atom. The Morgan fingerprint density at radius 3 is 2.71 bits per heavy atom. The lowest BCUT2D eigenvalue weighted by Gasteiger charge is -2.16. The number of aromatic nitrogens is 1. The summed E-state index contributed by atoms with van der Waals surface area (Å²) >= 11 is 0. The molecule has 0 aromatic carbocycles. The van der Waals surface area contributed by atoms with Gasteiger partial charge in [0.25, 0.3) is 0 Å². The van der Waals surface area contributed by atoms with Crippen molar-refractivity contribution in [2.45, 2.75) is 39.8 Å². The summed E-state index contributed by atoms with van der Waals surface area (Å²) in [6.45, 7) is 6.45. The van der Waals surface area contributed by atoms with Crippen LogP contribution in [-0.2, 0) is 11.3 Å². The van der Waals surface area contributed by atoms with Gasteiger partial charge in [0.05, 0.1) is 5.69 Å². The molecule has 0 aliphatic rings. The summed E-state index contributed by atoms with van der Waals surface area (Å²) in [7, 11) is 0. The summed E-state index contributed by atoms with van der Waals surface area (Å²) < 4.78 is 0. The molecule has 1 unspecified atom stereocenters. The van der Waals surface area contributed by atoms with Crippen LogP contribution in [0.3, 0.4) is 0 Å². The Labute approximate surface area is 102 Å². The number of pyridine rings is 1. The molecule has 94 valence electrons. The molecule has 0 saturated heterocycles. The van der Waals surface area contributed by atoms with Gasteiger partial charge >= 0.3 is 5.97 Å². The van der Waals surface area contributed by atoms with E-state index in [4.69, 9.17) is 5.11 Å². The highest BCUT2D eigenvalue weighted by atomic mass is 16.4. The number of nitrogens with zero attached hydrogens (tertiary/aromatic N) is 1. The predicted molar refractivity (Wildman–Crippen MR) is 66.7 cm³/mol. The number of hydrogen-bond donors (Lipinski definition) is 2. The minimum atomic E-state index is -0.800. The minimum Gasteiger partial charge on any atom is -0.480 e. The Balaban J connectivity index is 2.54. The molecule has 0 amide bonds. The second-order valence-corrected chi connectivity index (χ2v) is 4.67. The zero-order chi connectivity index (χ0) is 12.8. The highest BCUT2D eigenvalue weighted by Gasteiger charge is 2.17. The van der Waals surface area contributed by atoms with Crippen molar-refractivity contribution in [1.29, 1.82) is 0 Å². The molecule has 0 bridgehead atoms. The Hall–Kier alpha value is -1.42. The van der Waals surface area contributed by atoms with Crippen molar-refractivity contribution >= 4 is 5.97 Å². The van der Waals surface area contributed by atoms with Crippen LogP contribution in [0.4, 0.5) is 0 Å². The van der Waals surface area contributed by atoms with E-state index in [1.807, 2.05) is 39.0 Å². The van der Waals surface area contributed by atoms with Gasteiger partial charge in [0, 0.05) is 12.2 Å². The van der Waals surface area contributed by atoms with Crippen LogP contribution in [0.5, 0.6) is 0 Å². The van der Waals surface area contributed by atoms with Crippen LogP contribution in [0.1, 0.15) is 31.7 Å². The average molecular weight is 236 g/mol. The average Bonchev–Trinajstić information content (AvgIpc) is 2.23. The van der Waals surface area contributed by atoms with E-state index in [1.54, 1.807) is 0 Å². The summed E-state index contributed by atoms with van der Waals surface area (Å²) in [5, 5.41) is 12.1. The van der Waals surface area contributed by atoms with Gasteiger partial charge in [-0.15, -0.1) is 0 Å². The van der Waals surface area contributed by atoms with Crippen molar-refractivity contribution in [1.82, 2.24) is 10.3 Å². The monoisotopic (exact) mass is 236 g/mol. The number of carbonyl (C=O) groups is 1. The number of aryl methyl sites for hydroxylation is 1. The van der Waals surface area contributed by atoms with Gasteiger partial charge in [0.2, 0.25) is 0 Å². The summed E-state index contributed by atoms with van der Waals surface area (Å²) in [4.78, 5) is 15.4. The fourth-order valence-corrected chi connectivity index (χ4v) is 1.67. The molecule has 0 saturated carbocycles. The fourth-order valence-electron chi connectivity index (χ4n) is 1.67. The minimum absolute atomic E-state index is 0.356. The van der Waals surface area contributed by atoms with Crippen LogP contribution in [0.15, 0.2) is 18.2 Å². The lowest BCUT2D eigenvalue weighted by Crippen LogP contribution is -2.37. The van der Waals surface area contributed by atoms with Gasteiger partial charge in [-0.2, -0.15) is 0 Å². The maximum absolute atomic E-state index is 11.0. The van der Waals surface area contributed by atoms with E-state index in [0.717, 1.165) is 11.4 Å². The van der Waals surface area contributed by atoms with Crippen molar-refractivity contribution in [3.63, 3.8) is 0 Å². The molecular weight excluding hydrogens is 216 g/mol. The highest BCUT2D eigenvalue weighted by molar-refractivity contribution is 5.73. The highest BCUT2D eigenvalue weighted by Crippen LogP contribution is 2.06. The molecule has 4 nitrogen and oxygen atoms in total. The standard InChI is InChI=1S/C13H20N2O2/c1-9(2)7-12(13(16)17)14-8-11-6-4-5-10(3)15-11/h4-6,9,12,14H,7-8H2,1-3H3,(H,16,17). The topological polar surface area (TPSA) is 62.2 Å². The molecular formula is C13H20N2O2. The van der Waals surface area contributed by atoms with E-state index >= 15 is 0 Å². The third-order valence-corrected chi connectivity index (χ3v) is 2.48. The van der Waals surface area contributed by atoms with Crippen LogP contribution in [0.25, 0.3) is 0 Å². The second-order valence-electron chi connectivity index (χ2n) is 4.67. The third kappa shape index (κ3) is 4.95. The summed E-state index contributed by atoms with van der Waals surface area (Å²) in [6.07, 6.45) is 0.626. The Bertz CT molecular complexity index is 377. The SMILES string of the molecule is Cc1cccc(CNC(CC(C)C)C(=O)O)n1. The smallest absolute Gasteiger partial charge is 0.320 e. The molecule has 1 atom stereocenters.